The van der Waals surface area contributed by atoms with Crippen molar-refractivity contribution in [3.63, 3.8) is 0 Å². The third-order valence-electron chi connectivity index (χ3n) is 3.93. The van der Waals surface area contributed by atoms with Gasteiger partial charge in [0.2, 0.25) is 15.9 Å². The van der Waals surface area contributed by atoms with Crippen molar-refractivity contribution in [3.05, 3.63) is 16.1 Å². The van der Waals surface area contributed by atoms with Crippen LogP contribution in [0.1, 0.15) is 43.4 Å². The lowest BCUT2D eigenvalue weighted by molar-refractivity contribution is -0.121. The molecular formula is C16H27N3O4S2. The fourth-order valence-corrected chi connectivity index (χ4v) is 4.93. The number of carbonyl (C=O) groups excluding carboxylic acids is 1. The second-order valence-electron chi connectivity index (χ2n) is 6.65. The lowest BCUT2D eigenvalue weighted by Crippen LogP contribution is -2.42. The second-order valence-corrected chi connectivity index (χ2v) is 9.63. The van der Waals surface area contributed by atoms with Gasteiger partial charge in [-0.25, -0.2) is 13.4 Å². The van der Waals surface area contributed by atoms with Crippen LogP contribution in [0.2, 0.25) is 0 Å². The van der Waals surface area contributed by atoms with Crippen molar-refractivity contribution < 1.29 is 17.9 Å². The van der Waals surface area contributed by atoms with Crippen LogP contribution in [0.4, 0.5) is 0 Å². The fraction of sp³-hybridized carbons (Fsp3) is 0.750. The van der Waals surface area contributed by atoms with Gasteiger partial charge < -0.3 is 10.1 Å². The fourth-order valence-electron chi connectivity index (χ4n) is 2.67. The molecular weight excluding hydrogens is 362 g/mol. The minimum Gasteiger partial charge on any atom is -0.379 e. The van der Waals surface area contributed by atoms with Crippen LogP contribution < -0.4 is 5.32 Å². The van der Waals surface area contributed by atoms with E-state index in [0.717, 1.165) is 17.1 Å². The summed E-state index contributed by atoms with van der Waals surface area (Å²) in [6.45, 7) is 7.63. The van der Waals surface area contributed by atoms with Crippen molar-refractivity contribution in [2.75, 3.05) is 32.1 Å². The number of amides is 1. The highest BCUT2D eigenvalue weighted by Crippen LogP contribution is 2.24. The Kier molecular flexibility index (Phi) is 7.36. The Labute approximate surface area is 153 Å². The maximum Gasteiger partial charge on any atom is 0.221 e. The molecule has 0 aromatic carbocycles. The van der Waals surface area contributed by atoms with Gasteiger partial charge in [0.05, 0.1) is 25.0 Å². The van der Waals surface area contributed by atoms with Gasteiger partial charge in [-0.1, -0.05) is 13.8 Å². The van der Waals surface area contributed by atoms with E-state index < -0.39 is 10.0 Å². The molecule has 1 aromatic rings. The van der Waals surface area contributed by atoms with E-state index in [-0.39, 0.29) is 24.1 Å². The maximum atomic E-state index is 12.3. The highest BCUT2D eigenvalue weighted by molar-refractivity contribution is 7.89. The van der Waals surface area contributed by atoms with Crippen molar-refractivity contribution in [3.8, 4) is 0 Å². The van der Waals surface area contributed by atoms with Crippen LogP contribution in [-0.4, -0.2) is 55.7 Å². The van der Waals surface area contributed by atoms with Gasteiger partial charge in [0.15, 0.2) is 0 Å². The first-order valence-electron chi connectivity index (χ1n) is 8.55. The number of nitrogens with zero attached hydrogens (tertiary/aromatic N) is 2. The standard InChI is InChI=1S/C16H27N3O4S2/c1-12(2)10-14(16-17-13(3)11-24-16)18-15(20)4-9-25(21,22)19-5-7-23-8-6-19/h11-12,14H,4-10H2,1-3H3,(H,18,20). The molecule has 1 N–H and O–H groups in total. The summed E-state index contributed by atoms with van der Waals surface area (Å²) >= 11 is 1.52. The van der Waals surface area contributed by atoms with Crippen molar-refractivity contribution >= 4 is 27.3 Å². The average molecular weight is 390 g/mol. The monoisotopic (exact) mass is 389 g/mol. The Bertz CT molecular complexity index is 667. The Morgan fingerprint density at radius 2 is 2.08 bits per heavy atom. The first kappa shape index (κ1) is 20.3. The van der Waals surface area contributed by atoms with Gasteiger partial charge in [-0.2, -0.15) is 4.31 Å². The molecule has 1 saturated heterocycles. The molecule has 7 nitrogen and oxygen atoms in total. The van der Waals surface area contributed by atoms with E-state index in [9.17, 15) is 13.2 Å². The first-order chi connectivity index (χ1) is 11.8. The lowest BCUT2D eigenvalue weighted by atomic mass is 10.0. The SMILES string of the molecule is Cc1csc(C(CC(C)C)NC(=O)CCS(=O)(=O)N2CCOCC2)n1. The zero-order valence-electron chi connectivity index (χ0n) is 15.0. The Morgan fingerprint density at radius 3 is 2.64 bits per heavy atom. The third-order valence-corrected chi connectivity index (χ3v) is 6.88. The van der Waals surface area contributed by atoms with E-state index in [2.05, 4.69) is 24.1 Å². The summed E-state index contributed by atoms with van der Waals surface area (Å²) in [5.74, 6) is -0.0358. The van der Waals surface area contributed by atoms with Crippen molar-refractivity contribution in [2.24, 2.45) is 5.92 Å². The van der Waals surface area contributed by atoms with Crippen LogP contribution in [0.5, 0.6) is 0 Å². The van der Waals surface area contributed by atoms with Gasteiger partial charge in [-0.05, 0) is 19.3 Å². The normalized spacial score (nSPS) is 17.6. The molecule has 0 radical (unpaired) electrons. The van der Waals surface area contributed by atoms with Crippen LogP contribution >= 0.6 is 11.3 Å². The summed E-state index contributed by atoms with van der Waals surface area (Å²) in [4.78, 5) is 16.8. The number of hydrogen-bond donors (Lipinski definition) is 1. The molecule has 1 aliphatic heterocycles. The van der Waals surface area contributed by atoms with Crippen molar-refractivity contribution in [1.29, 1.82) is 0 Å². The number of aryl methyl sites for hydroxylation is 1. The highest BCUT2D eigenvalue weighted by Gasteiger charge is 2.26. The molecule has 25 heavy (non-hydrogen) atoms. The van der Waals surface area contributed by atoms with Crippen molar-refractivity contribution in [2.45, 2.75) is 39.7 Å². The number of nitrogens with one attached hydrogen (secondary N) is 1. The molecule has 1 fully saturated rings. The molecule has 1 atom stereocenters. The topological polar surface area (TPSA) is 88.6 Å². The molecule has 0 saturated carbocycles. The number of rotatable bonds is 8. The summed E-state index contributed by atoms with van der Waals surface area (Å²) in [5.41, 5.74) is 0.929. The van der Waals surface area contributed by atoms with E-state index in [1.807, 2.05) is 12.3 Å². The quantitative estimate of drug-likeness (QED) is 0.731. The number of aromatic nitrogens is 1. The molecule has 0 bridgehead atoms. The van der Waals surface area contributed by atoms with E-state index >= 15 is 0 Å². The molecule has 1 aromatic heterocycles. The van der Waals surface area contributed by atoms with Gasteiger partial charge in [-0.3, -0.25) is 4.79 Å². The molecule has 2 rings (SSSR count). The van der Waals surface area contributed by atoms with Crippen LogP contribution in [0, 0.1) is 12.8 Å². The van der Waals surface area contributed by atoms with E-state index in [4.69, 9.17) is 4.74 Å². The summed E-state index contributed by atoms with van der Waals surface area (Å²) < 4.78 is 31.2. The van der Waals surface area contributed by atoms with Crippen LogP contribution in [0.3, 0.4) is 0 Å². The van der Waals surface area contributed by atoms with Crippen molar-refractivity contribution in [1.82, 2.24) is 14.6 Å². The third kappa shape index (κ3) is 6.32. The number of ether oxygens (including phenoxy) is 1. The molecule has 2 heterocycles. The summed E-state index contributed by atoms with van der Waals surface area (Å²) in [5, 5.41) is 5.78. The number of sulfonamides is 1. The Hall–Kier alpha value is -1.03. The van der Waals surface area contributed by atoms with E-state index in [0.29, 0.717) is 32.2 Å². The zero-order valence-corrected chi connectivity index (χ0v) is 16.7. The Balaban J connectivity index is 1.92. The van der Waals surface area contributed by atoms with Gasteiger partial charge in [-0.15, -0.1) is 11.3 Å². The maximum absolute atomic E-state index is 12.3. The first-order valence-corrected chi connectivity index (χ1v) is 11.0. The number of carbonyl (C=O) groups is 1. The molecule has 142 valence electrons. The van der Waals surface area contributed by atoms with E-state index in [1.165, 1.54) is 15.6 Å². The van der Waals surface area contributed by atoms with Gasteiger partial charge in [0, 0.05) is 30.6 Å². The van der Waals surface area contributed by atoms with Crippen LogP contribution in [0.15, 0.2) is 5.38 Å². The summed E-state index contributed by atoms with van der Waals surface area (Å²) in [7, 11) is -3.42. The minimum absolute atomic E-state index is 0.0430. The van der Waals surface area contributed by atoms with Crippen LogP contribution in [0.25, 0.3) is 0 Å². The smallest absolute Gasteiger partial charge is 0.221 e. The number of morpholine rings is 1. The summed E-state index contributed by atoms with van der Waals surface area (Å²) in [6.07, 6.45) is 0.730. The van der Waals surface area contributed by atoms with Gasteiger partial charge in [0.1, 0.15) is 5.01 Å². The predicted molar refractivity (Wildman–Crippen MR) is 98.0 cm³/mol. The molecule has 9 heteroatoms. The molecule has 1 unspecified atom stereocenters. The molecule has 1 amide bonds. The van der Waals surface area contributed by atoms with Gasteiger partial charge in [0.25, 0.3) is 0 Å². The molecule has 0 aliphatic carbocycles. The minimum atomic E-state index is -3.42. The predicted octanol–water partition coefficient (Wildman–Crippen LogP) is 1.71. The lowest BCUT2D eigenvalue weighted by Gasteiger charge is -2.26. The number of hydrogen-bond acceptors (Lipinski definition) is 6. The van der Waals surface area contributed by atoms with Crippen LogP contribution in [-0.2, 0) is 19.6 Å². The second kappa shape index (κ2) is 9.07. The highest BCUT2D eigenvalue weighted by atomic mass is 32.2. The largest absolute Gasteiger partial charge is 0.379 e. The summed E-state index contributed by atoms with van der Waals surface area (Å²) in [6, 6.07) is -0.169. The molecule has 0 spiro atoms. The van der Waals surface area contributed by atoms with E-state index in [1.54, 1.807) is 0 Å². The Morgan fingerprint density at radius 1 is 1.40 bits per heavy atom. The zero-order chi connectivity index (χ0) is 18.4. The average Bonchev–Trinajstić information content (AvgIpc) is 2.99. The number of thiazole rings is 1. The molecule has 1 aliphatic rings. The van der Waals surface area contributed by atoms with Gasteiger partial charge >= 0.3 is 0 Å².